The van der Waals surface area contributed by atoms with E-state index in [0.717, 1.165) is 11.8 Å². The van der Waals surface area contributed by atoms with Crippen molar-refractivity contribution in [2.75, 3.05) is 22.3 Å². The number of hydrogen-bond donors (Lipinski definition) is 5. The lowest BCUT2D eigenvalue weighted by molar-refractivity contribution is -0.385. The molecule has 0 bridgehead atoms. The summed E-state index contributed by atoms with van der Waals surface area (Å²) in [5, 5.41) is 26.0. The molecule has 0 spiro atoms. The molecule has 4 aromatic heterocycles. The summed E-state index contributed by atoms with van der Waals surface area (Å²) in [7, 11) is -3.75. The number of carbonyl (C=O) groups excluding carboxylic acids is 2. The van der Waals surface area contributed by atoms with Crippen LogP contribution in [-0.2, 0) is 10.0 Å². The van der Waals surface area contributed by atoms with Gasteiger partial charge in [0, 0.05) is 35.6 Å². The second-order valence-corrected chi connectivity index (χ2v) is 15.7. The Bertz CT molecular complexity index is 2600. The molecule has 0 atom stereocenters. The number of rotatable bonds is 10. The lowest BCUT2D eigenvalue weighted by Crippen LogP contribution is -2.32. The summed E-state index contributed by atoms with van der Waals surface area (Å²) in [5.41, 5.74) is 8.79. The molecular weight excluding hydrogens is 755 g/mol. The van der Waals surface area contributed by atoms with Crippen molar-refractivity contribution in [3.05, 3.63) is 136 Å². The summed E-state index contributed by atoms with van der Waals surface area (Å²) in [5.74, 6) is -1.75. The van der Waals surface area contributed by atoms with E-state index in [1.165, 1.54) is 36.4 Å². The Hall–Kier alpha value is -7.21. The molecule has 294 valence electrons. The van der Waals surface area contributed by atoms with Gasteiger partial charge in [-0.05, 0) is 73.4 Å². The smallest absolute Gasteiger partial charge is 0.336 e. The Morgan fingerprint density at radius 1 is 0.895 bits per heavy atom. The van der Waals surface area contributed by atoms with Crippen LogP contribution in [0, 0.1) is 29.4 Å². The molecule has 6 rings (SSSR count). The zero-order chi connectivity index (χ0) is 41.7. The number of fused-ring (bicyclic) bond motifs is 1. The number of aromatic carboxylic acids is 1. The fourth-order valence-corrected chi connectivity index (χ4v) is 6.24. The van der Waals surface area contributed by atoms with E-state index in [1.54, 1.807) is 66.2 Å². The number of aromatic nitrogens is 4. The summed E-state index contributed by atoms with van der Waals surface area (Å²) in [6.45, 7) is 9.97. The zero-order valence-electron chi connectivity index (χ0n) is 31.5. The number of nitro groups is 1. The van der Waals surface area contributed by atoms with Gasteiger partial charge in [0.05, 0.1) is 27.3 Å². The number of nitrogens with one attached hydrogen (secondary N) is 3. The number of aryl methyl sites for hydroxylation is 2. The maximum Gasteiger partial charge on any atom is 0.336 e. The van der Waals surface area contributed by atoms with Gasteiger partial charge in [-0.1, -0.05) is 50.6 Å². The molecule has 0 fully saturated rings. The summed E-state index contributed by atoms with van der Waals surface area (Å²) in [6.07, 6.45) is 4.28. The predicted octanol–water partition coefficient (Wildman–Crippen LogP) is 6.11. The van der Waals surface area contributed by atoms with Crippen molar-refractivity contribution in [3.8, 4) is 11.1 Å². The monoisotopic (exact) mass is 793 g/mol. The van der Waals surface area contributed by atoms with Crippen molar-refractivity contribution >= 4 is 56.5 Å². The van der Waals surface area contributed by atoms with Crippen LogP contribution in [-0.4, -0.2) is 62.1 Å². The molecular formula is C39H39N9O8S. The highest BCUT2D eigenvalue weighted by Crippen LogP contribution is 2.29. The maximum absolute atomic E-state index is 13.3. The highest BCUT2D eigenvalue weighted by Gasteiger charge is 2.23. The average Bonchev–Trinajstić information content (AvgIpc) is 3.53. The number of anilines is 3. The van der Waals surface area contributed by atoms with E-state index in [1.807, 2.05) is 27.7 Å². The number of nitrogen functional groups attached to an aromatic ring is 1. The molecule has 0 saturated heterocycles. The summed E-state index contributed by atoms with van der Waals surface area (Å²) in [4.78, 5) is 60.3. The van der Waals surface area contributed by atoms with Crippen LogP contribution in [0.15, 0.2) is 102 Å². The number of sulfonamides is 1. The van der Waals surface area contributed by atoms with Gasteiger partial charge in [-0.3, -0.25) is 24.4 Å². The lowest BCUT2D eigenvalue weighted by atomic mass is 9.94. The Morgan fingerprint density at radius 2 is 1.60 bits per heavy atom. The standard InChI is InChI=1S/C27H28N6O4.C12H11N3O4S/c1-15-5-8-19(18-9-6-16(11-20(18)26(36)37)24(34)29-14-27(2,3)4)23(30-15)25(35)31-17-7-10-22-32-21(28)13-33(22)12-17;1-9-2-5-11(6-3-9)20(18,19)14-12-7-4-10(8-13-12)15(16)17/h5-13H,14,28H2,1-4H3,(H,29,34)(H,31,35)(H,36,37);2-8H,1H3,(H,13,14). The van der Waals surface area contributed by atoms with Crippen molar-refractivity contribution in [1.29, 1.82) is 0 Å². The topological polar surface area (TPSA) is 254 Å². The van der Waals surface area contributed by atoms with Crippen molar-refractivity contribution < 1.29 is 32.8 Å². The average molecular weight is 794 g/mol. The number of pyridine rings is 3. The van der Waals surface area contributed by atoms with E-state index in [0.29, 0.717) is 35.0 Å². The number of nitrogens with two attached hydrogens (primary N) is 1. The van der Waals surface area contributed by atoms with Gasteiger partial charge >= 0.3 is 5.97 Å². The third-order valence-corrected chi connectivity index (χ3v) is 9.46. The van der Waals surface area contributed by atoms with Gasteiger partial charge in [-0.15, -0.1) is 0 Å². The summed E-state index contributed by atoms with van der Waals surface area (Å²) >= 11 is 0. The third kappa shape index (κ3) is 10.5. The van der Waals surface area contributed by atoms with E-state index < -0.39 is 26.8 Å². The molecule has 6 N–H and O–H groups in total. The molecule has 4 heterocycles. The number of nitrogens with zero attached hydrogens (tertiary/aromatic N) is 5. The Balaban J connectivity index is 0.000000261. The fraction of sp³-hybridized carbons (Fsp3) is 0.179. The second kappa shape index (κ2) is 16.7. The van der Waals surface area contributed by atoms with Crippen LogP contribution < -0.4 is 21.1 Å². The van der Waals surface area contributed by atoms with Crippen LogP contribution in [0.3, 0.4) is 0 Å². The zero-order valence-corrected chi connectivity index (χ0v) is 32.3. The van der Waals surface area contributed by atoms with Gasteiger partial charge in [0.15, 0.2) is 0 Å². The molecule has 0 aliphatic rings. The largest absolute Gasteiger partial charge is 0.478 e. The van der Waals surface area contributed by atoms with Crippen LogP contribution >= 0.6 is 0 Å². The molecule has 0 unspecified atom stereocenters. The highest BCUT2D eigenvalue weighted by atomic mass is 32.2. The van der Waals surface area contributed by atoms with Crippen molar-refractivity contribution in [2.24, 2.45) is 5.41 Å². The van der Waals surface area contributed by atoms with Crippen LogP contribution in [0.2, 0.25) is 0 Å². The first-order valence-corrected chi connectivity index (χ1v) is 18.7. The lowest BCUT2D eigenvalue weighted by Gasteiger charge is -2.19. The molecule has 17 nitrogen and oxygen atoms in total. The first kappa shape index (κ1) is 41.0. The molecule has 57 heavy (non-hydrogen) atoms. The molecule has 0 radical (unpaired) electrons. The Kier molecular flexibility index (Phi) is 12.0. The van der Waals surface area contributed by atoms with Crippen LogP contribution in [0.1, 0.15) is 63.2 Å². The van der Waals surface area contributed by atoms with Gasteiger partial charge < -0.3 is 25.9 Å². The summed E-state index contributed by atoms with van der Waals surface area (Å²) < 4.78 is 28.0. The number of carbonyl (C=O) groups is 3. The van der Waals surface area contributed by atoms with Crippen LogP contribution in [0.25, 0.3) is 16.8 Å². The van der Waals surface area contributed by atoms with Crippen molar-refractivity contribution in [1.82, 2.24) is 24.7 Å². The van der Waals surface area contributed by atoms with Crippen LogP contribution in [0.4, 0.5) is 23.0 Å². The number of benzene rings is 2. The van der Waals surface area contributed by atoms with Gasteiger partial charge in [0.1, 0.15) is 29.2 Å². The quantitative estimate of drug-likeness (QED) is 0.0778. The molecule has 2 aromatic carbocycles. The second-order valence-electron chi connectivity index (χ2n) is 14.0. The number of hydrogen-bond acceptors (Lipinski definition) is 11. The maximum atomic E-state index is 13.3. The molecule has 6 aromatic rings. The number of imidazole rings is 1. The van der Waals surface area contributed by atoms with Gasteiger partial charge in [-0.25, -0.2) is 28.2 Å². The number of carboxylic acids is 1. The third-order valence-electron chi connectivity index (χ3n) is 8.09. The molecule has 0 aliphatic carbocycles. The minimum Gasteiger partial charge on any atom is -0.478 e. The van der Waals surface area contributed by atoms with E-state index in [-0.39, 0.29) is 50.1 Å². The summed E-state index contributed by atoms with van der Waals surface area (Å²) in [6, 6.07) is 19.9. The number of carboxylic acid groups (broad SMARTS) is 1. The Morgan fingerprint density at radius 3 is 2.23 bits per heavy atom. The molecule has 18 heteroatoms. The first-order chi connectivity index (χ1) is 26.8. The highest BCUT2D eigenvalue weighted by molar-refractivity contribution is 7.92. The minimum absolute atomic E-state index is 0.0242. The molecule has 0 saturated carbocycles. The Labute approximate surface area is 327 Å². The van der Waals surface area contributed by atoms with Crippen LogP contribution in [0.5, 0.6) is 0 Å². The normalized spacial score (nSPS) is 11.2. The fourth-order valence-electron chi connectivity index (χ4n) is 5.24. The number of amides is 2. The SMILES string of the molecule is Cc1ccc(-c2ccc(C(=O)NCC(C)(C)C)cc2C(=O)O)c(C(=O)Nc2ccc3nc(N)cn3c2)n1.Cc1ccc(S(=O)(=O)Nc2ccc([N+](=O)[O-])cn2)cc1. The van der Waals surface area contributed by atoms with E-state index in [2.05, 4.69) is 30.3 Å². The van der Waals surface area contributed by atoms with Crippen molar-refractivity contribution in [2.45, 2.75) is 39.5 Å². The van der Waals surface area contributed by atoms with E-state index in [9.17, 15) is 38.0 Å². The van der Waals surface area contributed by atoms with Crippen molar-refractivity contribution in [3.63, 3.8) is 0 Å². The minimum atomic E-state index is -3.75. The molecule has 0 aliphatic heterocycles. The first-order valence-electron chi connectivity index (χ1n) is 17.2. The van der Waals surface area contributed by atoms with E-state index >= 15 is 0 Å². The predicted molar refractivity (Wildman–Crippen MR) is 214 cm³/mol. The van der Waals surface area contributed by atoms with Gasteiger partial charge in [-0.2, -0.15) is 0 Å². The van der Waals surface area contributed by atoms with E-state index in [4.69, 9.17) is 5.73 Å². The van der Waals surface area contributed by atoms with Gasteiger partial charge in [0.2, 0.25) is 0 Å². The van der Waals surface area contributed by atoms with Gasteiger partial charge in [0.25, 0.3) is 27.5 Å². The molecule has 2 amide bonds.